The van der Waals surface area contributed by atoms with Crippen LogP contribution in [-0.2, 0) is 6.42 Å². The Labute approximate surface area is 220 Å². The van der Waals surface area contributed by atoms with Gasteiger partial charge in [-0.1, -0.05) is 97.1 Å². The lowest BCUT2D eigenvalue weighted by molar-refractivity contribution is 1.13. The van der Waals surface area contributed by atoms with Crippen molar-refractivity contribution in [2.75, 3.05) is 38.0 Å². The first-order chi connectivity index (χ1) is 18.0. The molecule has 0 radical (unpaired) electrons. The van der Waals surface area contributed by atoms with Gasteiger partial charge in [-0.05, 0) is 74.2 Å². The van der Waals surface area contributed by atoms with Gasteiger partial charge in [-0.15, -0.1) is 0 Å². The van der Waals surface area contributed by atoms with Crippen LogP contribution in [0.25, 0.3) is 22.4 Å². The van der Waals surface area contributed by atoms with Crippen molar-refractivity contribution in [3.63, 3.8) is 0 Å². The van der Waals surface area contributed by atoms with Gasteiger partial charge in [0.15, 0.2) is 0 Å². The molecule has 5 aromatic carbocycles. The molecule has 2 nitrogen and oxygen atoms in total. The second-order valence-electron chi connectivity index (χ2n) is 9.90. The highest BCUT2D eigenvalue weighted by atomic mass is 15.1. The van der Waals surface area contributed by atoms with Crippen molar-refractivity contribution >= 4 is 33.8 Å². The Hall–Kier alpha value is -4.30. The largest absolute Gasteiger partial charge is 0.378 e. The van der Waals surface area contributed by atoms with Crippen molar-refractivity contribution in [1.29, 1.82) is 0 Å². The van der Waals surface area contributed by atoms with E-state index in [1.54, 1.807) is 0 Å². The maximum atomic E-state index is 2.35. The third-order valence-electron chi connectivity index (χ3n) is 6.97. The van der Waals surface area contributed by atoms with Gasteiger partial charge < -0.3 is 9.80 Å². The van der Waals surface area contributed by atoms with Crippen molar-refractivity contribution in [2.24, 2.45) is 0 Å². The summed E-state index contributed by atoms with van der Waals surface area (Å²) in [5.41, 5.74) is 7.40. The number of hydrogen-bond donors (Lipinski definition) is 0. The molecule has 0 spiro atoms. The Bertz CT molecular complexity index is 1560. The summed E-state index contributed by atoms with van der Waals surface area (Å²) in [4.78, 5) is 4.28. The maximum absolute atomic E-state index is 2.35. The van der Waals surface area contributed by atoms with Crippen LogP contribution >= 0.6 is 0 Å². The minimum Gasteiger partial charge on any atom is -0.378 e. The van der Waals surface area contributed by atoms with Crippen LogP contribution in [0.5, 0.6) is 0 Å². The van der Waals surface area contributed by atoms with Crippen LogP contribution in [-0.4, -0.2) is 28.2 Å². The number of benzene rings is 5. The molecule has 0 aliphatic rings. The van der Waals surface area contributed by atoms with E-state index in [9.17, 15) is 0 Å². The topological polar surface area (TPSA) is 6.48 Å². The number of nitrogens with zero attached hydrogens (tertiary/aromatic N) is 2. The average molecular weight is 483 g/mol. The van der Waals surface area contributed by atoms with E-state index in [1.807, 2.05) is 0 Å². The molecule has 0 N–H and O–H groups in total. The zero-order valence-electron chi connectivity index (χ0n) is 22.1. The van der Waals surface area contributed by atoms with Gasteiger partial charge in [-0.2, -0.15) is 0 Å². The highest BCUT2D eigenvalue weighted by Gasteiger charge is 2.10. The van der Waals surface area contributed by atoms with Crippen LogP contribution in [0.4, 0.5) is 11.4 Å². The molecule has 5 aromatic rings. The summed E-state index contributed by atoms with van der Waals surface area (Å²) < 4.78 is 0. The fourth-order valence-corrected chi connectivity index (χ4v) is 4.89. The van der Waals surface area contributed by atoms with E-state index in [-0.39, 0.29) is 0 Å². The lowest BCUT2D eigenvalue weighted by atomic mass is 9.92. The lowest BCUT2D eigenvalue weighted by Crippen LogP contribution is -2.16. The zero-order chi connectivity index (χ0) is 25.8. The first-order valence-electron chi connectivity index (χ1n) is 12.8. The van der Waals surface area contributed by atoms with E-state index >= 15 is 0 Å². The van der Waals surface area contributed by atoms with Gasteiger partial charge in [0, 0.05) is 39.6 Å². The lowest BCUT2D eigenvalue weighted by Gasteiger charge is -2.17. The molecule has 0 atom stereocenters. The maximum Gasteiger partial charge on any atom is 0.0361 e. The van der Waals surface area contributed by atoms with Gasteiger partial charge in [-0.3, -0.25) is 0 Å². The number of rotatable bonds is 6. The third kappa shape index (κ3) is 5.29. The molecule has 0 unspecified atom stereocenters. The molecule has 2 heteroatoms. The Balaban J connectivity index is 1.75. The Morgan fingerprint density at radius 1 is 0.541 bits per heavy atom. The average Bonchev–Trinajstić information content (AvgIpc) is 2.93. The molecule has 184 valence electrons. The predicted molar refractivity (Wildman–Crippen MR) is 161 cm³/mol. The summed E-state index contributed by atoms with van der Waals surface area (Å²) in [7, 11) is 8.32. The standard InChI is InChI=1S/C35H34N2/c1-36(2)30-21-16-28(17-22-30)35(29-18-23-31(24-19-29)37(3)4)34-25-20-27(32-12-8-9-13-33(32)34)15-14-26-10-6-5-7-11-26/h5-13,15-25H,14H2,1-4H3/b27-15-. The van der Waals surface area contributed by atoms with Crippen molar-refractivity contribution in [3.05, 3.63) is 142 Å². The van der Waals surface area contributed by atoms with Crippen molar-refractivity contribution in [3.8, 4) is 0 Å². The Morgan fingerprint density at radius 3 is 1.59 bits per heavy atom. The SMILES string of the molecule is CN(C)c1ccc(C(c2ccc(N(C)C)cc2)=c2cc/c(=C/Cc3ccccc3)c3ccccc23)cc1. The van der Waals surface area contributed by atoms with E-state index in [2.05, 4.69) is 159 Å². The van der Waals surface area contributed by atoms with Gasteiger partial charge in [0.25, 0.3) is 0 Å². The van der Waals surface area contributed by atoms with Gasteiger partial charge in [0.2, 0.25) is 0 Å². The minimum atomic E-state index is 0.915. The summed E-state index contributed by atoms with van der Waals surface area (Å²) in [5.74, 6) is 0. The van der Waals surface area contributed by atoms with Crippen LogP contribution in [0.15, 0.2) is 115 Å². The molecule has 0 aliphatic carbocycles. The van der Waals surface area contributed by atoms with Crippen LogP contribution in [0, 0.1) is 0 Å². The highest BCUT2D eigenvalue weighted by molar-refractivity contribution is 5.91. The first kappa shape index (κ1) is 24.4. The van der Waals surface area contributed by atoms with Gasteiger partial charge in [0.05, 0.1) is 0 Å². The molecule has 0 saturated heterocycles. The van der Waals surface area contributed by atoms with E-state index in [1.165, 1.54) is 54.8 Å². The number of fused-ring (bicyclic) bond motifs is 1. The van der Waals surface area contributed by atoms with Gasteiger partial charge in [0.1, 0.15) is 0 Å². The fourth-order valence-electron chi connectivity index (χ4n) is 4.89. The number of anilines is 2. The van der Waals surface area contributed by atoms with Crippen LogP contribution in [0.3, 0.4) is 0 Å². The fraction of sp³-hybridized carbons (Fsp3) is 0.143. The third-order valence-corrected chi connectivity index (χ3v) is 6.97. The van der Waals surface area contributed by atoms with Crippen molar-refractivity contribution in [2.45, 2.75) is 6.42 Å². The van der Waals surface area contributed by atoms with Gasteiger partial charge in [-0.25, -0.2) is 0 Å². The molecule has 0 aromatic heterocycles. The smallest absolute Gasteiger partial charge is 0.0361 e. The number of hydrogen-bond acceptors (Lipinski definition) is 2. The quantitative estimate of drug-likeness (QED) is 0.283. The predicted octanol–water partition coefficient (Wildman–Crippen LogP) is 6.24. The molecule has 0 amide bonds. The Morgan fingerprint density at radius 2 is 1.05 bits per heavy atom. The molecular formula is C35H34N2. The van der Waals surface area contributed by atoms with Crippen LogP contribution in [0.2, 0.25) is 0 Å². The summed E-state index contributed by atoms with van der Waals surface area (Å²) in [6.07, 6.45) is 3.26. The molecule has 37 heavy (non-hydrogen) atoms. The van der Waals surface area contributed by atoms with E-state index < -0.39 is 0 Å². The van der Waals surface area contributed by atoms with E-state index in [0.717, 1.165) is 6.42 Å². The second-order valence-corrected chi connectivity index (χ2v) is 9.90. The molecule has 5 rings (SSSR count). The van der Waals surface area contributed by atoms with E-state index in [0.29, 0.717) is 0 Å². The van der Waals surface area contributed by atoms with Gasteiger partial charge >= 0.3 is 0 Å². The Kier molecular flexibility index (Phi) is 7.09. The molecule has 0 bridgehead atoms. The van der Waals surface area contributed by atoms with E-state index in [4.69, 9.17) is 0 Å². The molecule has 0 aliphatic heterocycles. The molecule has 0 fully saturated rings. The monoisotopic (exact) mass is 482 g/mol. The normalized spacial score (nSPS) is 11.5. The van der Waals surface area contributed by atoms with Crippen LogP contribution < -0.4 is 20.2 Å². The van der Waals surface area contributed by atoms with Crippen molar-refractivity contribution in [1.82, 2.24) is 0 Å². The summed E-state index contributed by atoms with van der Waals surface area (Å²) >= 11 is 0. The molecular weight excluding hydrogens is 448 g/mol. The van der Waals surface area contributed by atoms with Crippen LogP contribution in [0.1, 0.15) is 16.7 Å². The highest BCUT2D eigenvalue weighted by Crippen LogP contribution is 2.26. The minimum absolute atomic E-state index is 0.915. The summed E-state index contributed by atoms with van der Waals surface area (Å²) in [5, 5.41) is 5.08. The second kappa shape index (κ2) is 10.8. The summed E-state index contributed by atoms with van der Waals surface area (Å²) in [6, 6.07) is 41.8. The first-order valence-corrected chi connectivity index (χ1v) is 12.8. The molecule has 0 saturated carbocycles. The van der Waals surface area contributed by atoms with Crippen molar-refractivity contribution < 1.29 is 0 Å². The zero-order valence-corrected chi connectivity index (χ0v) is 22.1. The summed E-state index contributed by atoms with van der Waals surface area (Å²) in [6.45, 7) is 0. The molecule has 0 heterocycles.